The number of urea groups is 1. The van der Waals surface area contributed by atoms with Gasteiger partial charge in [0.1, 0.15) is 0 Å². The van der Waals surface area contributed by atoms with E-state index >= 15 is 0 Å². The van der Waals surface area contributed by atoms with E-state index in [0.717, 1.165) is 6.42 Å². The first-order chi connectivity index (χ1) is 9.25. The molecule has 1 unspecified atom stereocenters. The van der Waals surface area contributed by atoms with Crippen molar-refractivity contribution < 1.29 is 4.79 Å². The Morgan fingerprint density at radius 3 is 2.63 bits per heavy atom. The minimum Gasteiger partial charge on any atom is -0.352 e. The van der Waals surface area contributed by atoms with Crippen molar-refractivity contribution in [2.75, 3.05) is 13.1 Å². The molecule has 2 aromatic rings. The molecule has 0 aliphatic heterocycles. The van der Waals surface area contributed by atoms with Gasteiger partial charge < -0.3 is 16.4 Å². The van der Waals surface area contributed by atoms with Gasteiger partial charge in [-0.2, -0.15) is 0 Å². The Balaban J connectivity index is 1.89. The Hall–Kier alpha value is -1.37. The molecule has 0 aromatic carbocycles. The molecule has 0 bridgehead atoms. The maximum atomic E-state index is 10.6. The van der Waals surface area contributed by atoms with Crippen molar-refractivity contribution in [1.29, 1.82) is 0 Å². The largest absolute Gasteiger partial charge is 0.352 e. The van der Waals surface area contributed by atoms with Crippen LogP contribution in [-0.4, -0.2) is 19.1 Å². The van der Waals surface area contributed by atoms with Gasteiger partial charge in [0.25, 0.3) is 0 Å². The van der Waals surface area contributed by atoms with Crippen molar-refractivity contribution >= 4 is 28.7 Å². The maximum absolute atomic E-state index is 10.6. The van der Waals surface area contributed by atoms with E-state index in [-0.39, 0.29) is 6.04 Å². The Morgan fingerprint density at radius 1 is 1.21 bits per heavy atom. The SMILES string of the molecule is NC(=O)NCCNC(Cc1cccs1)c1cccs1. The Morgan fingerprint density at radius 2 is 2.00 bits per heavy atom. The molecule has 1 atom stereocenters. The lowest BCUT2D eigenvalue weighted by molar-refractivity contribution is 0.249. The summed E-state index contributed by atoms with van der Waals surface area (Å²) < 4.78 is 0. The second-order valence-corrected chi connectivity index (χ2v) is 6.11. The number of amides is 2. The standard InChI is InChI=1S/C13H17N3OS2/c14-13(17)16-6-5-15-11(12-4-2-8-19-12)9-10-3-1-7-18-10/h1-4,7-8,11,15H,5-6,9H2,(H3,14,16,17). The molecule has 0 radical (unpaired) electrons. The molecule has 19 heavy (non-hydrogen) atoms. The lowest BCUT2D eigenvalue weighted by Crippen LogP contribution is -2.36. The number of hydrogen-bond acceptors (Lipinski definition) is 4. The number of rotatable bonds is 7. The molecular formula is C13H17N3OS2. The number of carbonyl (C=O) groups excluding carboxylic acids is 1. The van der Waals surface area contributed by atoms with E-state index in [9.17, 15) is 4.79 Å². The van der Waals surface area contributed by atoms with Gasteiger partial charge in [0, 0.05) is 35.3 Å². The highest BCUT2D eigenvalue weighted by Gasteiger charge is 2.13. The molecule has 0 saturated carbocycles. The molecule has 2 heterocycles. The molecule has 4 N–H and O–H groups in total. The third-order valence-corrected chi connectivity index (χ3v) is 4.57. The summed E-state index contributed by atoms with van der Waals surface area (Å²) in [4.78, 5) is 13.3. The van der Waals surface area contributed by atoms with Crippen LogP contribution >= 0.6 is 22.7 Å². The highest BCUT2D eigenvalue weighted by molar-refractivity contribution is 7.10. The second-order valence-electron chi connectivity index (χ2n) is 4.10. The first-order valence-electron chi connectivity index (χ1n) is 6.08. The first kappa shape index (κ1) is 14.0. The van der Waals surface area contributed by atoms with E-state index < -0.39 is 6.03 Å². The molecule has 6 heteroatoms. The Kier molecular flexibility index (Phi) is 5.38. The predicted molar refractivity (Wildman–Crippen MR) is 80.7 cm³/mol. The predicted octanol–water partition coefficient (Wildman–Crippen LogP) is 2.35. The topological polar surface area (TPSA) is 67.2 Å². The summed E-state index contributed by atoms with van der Waals surface area (Å²) in [6, 6.07) is 8.22. The van der Waals surface area contributed by atoms with Gasteiger partial charge in [0.05, 0.1) is 0 Å². The summed E-state index contributed by atoms with van der Waals surface area (Å²) in [5, 5.41) is 10.2. The quantitative estimate of drug-likeness (QED) is 0.686. The van der Waals surface area contributed by atoms with Gasteiger partial charge in [0.2, 0.25) is 0 Å². The maximum Gasteiger partial charge on any atom is 0.312 e. The van der Waals surface area contributed by atoms with E-state index in [1.807, 2.05) is 0 Å². The minimum absolute atomic E-state index is 0.285. The third kappa shape index (κ3) is 4.66. The van der Waals surface area contributed by atoms with E-state index in [0.29, 0.717) is 13.1 Å². The van der Waals surface area contributed by atoms with E-state index in [2.05, 4.69) is 45.7 Å². The van der Waals surface area contributed by atoms with Gasteiger partial charge in [-0.15, -0.1) is 22.7 Å². The van der Waals surface area contributed by atoms with Crippen molar-refractivity contribution in [3.8, 4) is 0 Å². The normalized spacial score (nSPS) is 12.2. The molecule has 0 aliphatic carbocycles. The number of carbonyl (C=O) groups is 1. The summed E-state index contributed by atoms with van der Waals surface area (Å²) in [7, 11) is 0. The summed E-state index contributed by atoms with van der Waals surface area (Å²) >= 11 is 3.51. The first-order valence-corrected chi connectivity index (χ1v) is 7.84. The summed E-state index contributed by atoms with van der Waals surface area (Å²) in [5.74, 6) is 0. The molecular weight excluding hydrogens is 278 g/mol. The van der Waals surface area contributed by atoms with Crippen LogP contribution in [0.4, 0.5) is 4.79 Å². The van der Waals surface area contributed by atoms with Gasteiger partial charge in [-0.05, 0) is 22.9 Å². The van der Waals surface area contributed by atoms with Crippen LogP contribution in [0.25, 0.3) is 0 Å². The third-order valence-electron chi connectivity index (χ3n) is 2.69. The van der Waals surface area contributed by atoms with Gasteiger partial charge in [0.15, 0.2) is 0 Å². The number of nitrogens with two attached hydrogens (primary N) is 1. The molecule has 0 saturated heterocycles. The van der Waals surface area contributed by atoms with E-state index in [1.165, 1.54) is 9.75 Å². The molecule has 0 aliphatic rings. The zero-order valence-electron chi connectivity index (χ0n) is 10.5. The van der Waals surface area contributed by atoms with Crippen molar-refractivity contribution in [1.82, 2.24) is 10.6 Å². The molecule has 0 fully saturated rings. The summed E-state index contributed by atoms with van der Waals surface area (Å²) in [6.45, 7) is 1.25. The van der Waals surface area contributed by atoms with Crippen LogP contribution in [0.2, 0.25) is 0 Å². The molecule has 0 spiro atoms. The van der Waals surface area contributed by atoms with Gasteiger partial charge in [-0.25, -0.2) is 4.79 Å². The molecule has 4 nitrogen and oxygen atoms in total. The average molecular weight is 295 g/mol. The fraction of sp³-hybridized carbons (Fsp3) is 0.308. The lowest BCUT2D eigenvalue weighted by atomic mass is 10.1. The van der Waals surface area contributed by atoms with E-state index in [1.54, 1.807) is 22.7 Å². The van der Waals surface area contributed by atoms with Crippen molar-refractivity contribution in [2.45, 2.75) is 12.5 Å². The molecule has 2 rings (SSSR count). The second kappa shape index (κ2) is 7.28. The van der Waals surface area contributed by atoms with Crippen LogP contribution in [-0.2, 0) is 6.42 Å². The van der Waals surface area contributed by atoms with Crippen molar-refractivity contribution in [2.24, 2.45) is 5.73 Å². The van der Waals surface area contributed by atoms with Gasteiger partial charge in [-0.3, -0.25) is 0 Å². The number of thiophene rings is 2. The molecule has 2 amide bonds. The Bertz CT molecular complexity index is 482. The van der Waals surface area contributed by atoms with Crippen LogP contribution < -0.4 is 16.4 Å². The average Bonchev–Trinajstić information content (AvgIpc) is 3.05. The molecule has 102 valence electrons. The number of hydrogen-bond donors (Lipinski definition) is 3. The van der Waals surface area contributed by atoms with Crippen LogP contribution in [0.5, 0.6) is 0 Å². The highest BCUT2D eigenvalue weighted by atomic mass is 32.1. The zero-order valence-corrected chi connectivity index (χ0v) is 12.1. The fourth-order valence-electron chi connectivity index (χ4n) is 1.82. The smallest absolute Gasteiger partial charge is 0.312 e. The fourth-order valence-corrected chi connectivity index (χ4v) is 3.38. The van der Waals surface area contributed by atoms with Crippen LogP contribution in [0.1, 0.15) is 15.8 Å². The van der Waals surface area contributed by atoms with E-state index in [4.69, 9.17) is 5.73 Å². The van der Waals surface area contributed by atoms with Crippen LogP contribution in [0.15, 0.2) is 35.0 Å². The summed E-state index contributed by atoms with van der Waals surface area (Å²) in [5.41, 5.74) is 5.04. The van der Waals surface area contributed by atoms with Gasteiger partial charge >= 0.3 is 6.03 Å². The number of primary amides is 1. The highest BCUT2D eigenvalue weighted by Crippen LogP contribution is 2.24. The monoisotopic (exact) mass is 295 g/mol. The van der Waals surface area contributed by atoms with Crippen molar-refractivity contribution in [3.63, 3.8) is 0 Å². The molecule has 2 aromatic heterocycles. The number of nitrogens with one attached hydrogen (secondary N) is 2. The van der Waals surface area contributed by atoms with Gasteiger partial charge in [-0.1, -0.05) is 12.1 Å². The lowest BCUT2D eigenvalue weighted by Gasteiger charge is -2.16. The Labute approximate surface area is 120 Å². The summed E-state index contributed by atoms with van der Waals surface area (Å²) in [6.07, 6.45) is 0.967. The van der Waals surface area contributed by atoms with Crippen LogP contribution in [0, 0.1) is 0 Å². The van der Waals surface area contributed by atoms with Crippen molar-refractivity contribution in [3.05, 3.63) is 44.8 Å². The van der Waals surface area contributed by atoms with Crippen LogP contribution in [0.3, 0.4) is 0 Å². The minimum atomic E-state index is -0.479. The zero-order chi connectivity index (χ0) is 13.5.